The van der Waals surface area contributed by atoms with Gasteiger partial charge in [0.25, 0.3) is 12.3 Å². The van der Waals surface area contributed by atoms with Gasteiger partial charge in [-0.2, -0.15) is 0 Å². The van der Waals surface area contributed by atoms with Gasteiger partial charge >= 0.3 is 5.82 Å². The van der Waals surface area contributed by atoms with Crippen LogP contribution in [0.4, 0.5) is 14.6 Å². The number of nitro groups is 1. The first-order chi connectivity index (χ1) is 7.34. The van der Waals surface area contributed by atoms with Crippen molar-refractivity contribution in [1.82, 2.24) is 4.98 Å². The Morgan fingerprint density at radius 2 is 2.19 bits per heavy atom. The molecule has 0 atom stereocenters. The molecule has 16 heavy (non-hydrogen) atoms. The van der Waals surface area contributed by atoms with Crippen LogP contribution >= 0.6 is 0 Å². The summed E-state index contributed by atoms with van der Waals surface area (Å²) in [6.07, 6.45) is -2.96. The number of rotatable bonds is 3. The molecule has 0 aliphatic heterocycles. The van der Waals surface area contributed by atoms with E-state index in [4.69, 9.17) is 5.73 Å². The fourth-order valence-electron chi connectivity index (χ4n) is 1.22. The van der Waals surface area contributed by atoms with Crippen LogP contribution in [0.15, 0.2) is 6.07 Å². The number of carbonyl (C=O) groups excluding carboxylic acids is 1. The second-order valence-electron chi connectivity index (χ2n) is 2.98. The molecule has 0 saturated heterocycles. The highest BCUT2D eigenvalue weighted by atomic mass is 19.3. The van der Waals surface area contributed by atoms with Crippen LogP contribution in [0.5, 0.6) is 0 Å². The lowest BCUT2D eigenvalue weighted by molar-refractivity contribution is -0.389. The lowest BCUT2D eigenvalue weighted by atomic mass is 10.1. The molecule has 2 N–H and O–H groups in total. The number of hydrogen-bond acceptors (Lipinski definition) is 4. The van der Waals surface area contributed by atoms with Crippen molar-refractivity contribution < 1.29 is 18.5 Å². The molecule has 0 aliphatic carbocycles. The van der Waals surface area contributed by atoms with Gasteiger partial charge in [0, 0.05) is 6.07 Å². The molecule has 0 spiro atoms. The highest BCUT2D eigenvalue weighted by Gasteiger charge is 2.27. The van der Waals surface area contributed by atoms with Gasteiger partial charge in [0.2, 0.25) is 5.69 Å². The number of carbonyl (C=O) groups is 1. The van der Waals surface area contributed by atoms with Gasteiger partial charge in [0.15, 0.2) is 0 Å². The Bertz CT molecular complexity index is 462. The van der Waals surface area contributed by atoms with Crippen LogP contribution in [-0.4, -0.2) is 15.8 Å². The van der Waals surface area contributed by atoms with Crippen molar-refractivity contribution in [3.8, 4) is 0 Å². The molecular weight excluding hydrogens is 224 g/mol. The summed E-state index contributed by atoms with van der Waals surface area (Å²) in [5.41, 5.74) is 3.31. The van der Waals surface area contributed by atoms with E-state index in [-0.39, 0.29) is 5.56 Å². The number of alkyl halides is 2. The Balaban J connectivity index is 3.52. The number of primary amides is 1. The van der Waals surface area contributed by atoms with Crippen LogP contribution in [-0.2, 0) is 0 Å². The van der Waals surface area contributed by atoms with Gasteiger partial charge in [-0.25, -0.2) is 8.78 Å². The van der Waals surface area contributed by atoms with E-state index in [1.54, 1.807) is 0 Å². The summed E-state index contributed by atoms with van der Waals surface area (Å²) in [5, 5.41) is 10.4. The second-order valence-corrected chi connectivity index (χ2v) is 2.98. The molecule has 1 aromatic heterocycles. The molecule has 0 aromatic carbocycles. The summed E-state index contributed by atoms with van der Waals surface area (Å²) in [5.74, 6) is -1.90. The molecule has 1 amide bonds. The molecule has 8 heteroatoms. The molecule has 0 fully saturated rings. The third-order valence-corrected chi connectivity index (χ3v) is 1.89. The smallest absolute Gasteiger partial charge is 0.362 e. The molecule has 0 radical (unpaired) electrons. The minimum Gasteiger partial charge on any atom is -0.362 e. The number of aryl methyl sites for hydroxylation is 1. The Morgan fingerprint density at radius 3 is 2.56 bits per heavy atom. The van der Waals surface area contributed by atoms with Crippen molar-refractivity contribution in [2.45, 2.75) is 13.3 Å². The van der Waals surface area contributed by atoms with E-state index in [1.165, 1.54) is 6.92 Å². The molecule has 6 nitrogen and oxygen atoms in total. The van der Waals surface area contributed by atoms with E-state index in [2.05, 4.69) is 4.98 Å². The van der Waals surface area contributed by atoms with Crippen molar-refractivity contribution in [2.24, 2.45) is 5.73 Å². The van der Waals surface area contributed by atoms with E-state index >= 15 is 0 Å². The molecule has 0 aliphatic rings. The van der Waals surface area contributed by atoms with Crippen molar-refractivity contribution in [2.75, 3.05) is 0 Å². The van der Waals surface area contributed by atoms with Crippen LogP contribution in [0.2, 0.25) is 0 Å². The largest absolute Gasteiger partial charge is 0.364 e. The quantitative estimate of drug-likeness (QED) is 0.626. The maximum atomic E-state index is 12.6. The van der Waals surface area contributed by atoms with Gasteiger partial charge in [0.1, 0.15) is 0 Å². The Hall–Kier alpha value is -2.12. The highest BCUT2D eigenvalue weighted by molar-refractivity contribution is 5.93. The molecule has 0 unspecified atom stereocenters. The number of pyridine rings is 1. The highest BCUT2D eigenvalue weighted by Crippen LogP contribution is 2.27. The minimum atomic E-state index is -2.96. The Morgan fingerprint density at radius 1 is 1.62 bits per heavy atom. The Labute approximate surface area is 88.2 Å². The molecule has 1 aromatic rings. The number of nitrogens with zero attached hydrogens (tertiary/aromatic N) is 2. The second kappa shape index (κ2) is 4.17. The van der Waals surface area contributed by atoms with E-state index in [9.17, 15) is 23.7 Å². The zero-order valence-corrected chi connectivity index (χ0v) is 8.11. The van der Waals surface area contributed by atoms with Crippen LogP contribution in [0.1, 0.15) is 28.0 Å². The van der Waals surface area contributed by atoms with E-state index in [0.29, 0.717) is 0 Å². The fraction of sp³-hybridized carbons (Fsp3) is 0.250. The number of halogens is 2. The van der Waals surface area contributed by atoms with Crippen LogP contribution in [0.25, 0.3) is 0 Å². The first kappa shape index (κ1) is 12.0. The van der Waals surface area contributed by atoms with Gasteiger partial charge in [-0.1, -0.05) is 0 Å². The molecule has 86 valence electrons. The first-order valence-electron chi connectivity index (χ1n) is 4.08. The summed E-state index contributed by atoms with van der Waals surface area (Å²) < 4.78 is 25.1. The lowest BCUT2D eigenvalue weighted by Crippen LogP contribution is -2.18. The van der Waals surface area contributed by atoms with Crippen molar-refractivity contribution in [3.05, 3.63) is 33.0 Å². The number of hydrogen-bond donors (Lipinski definition) is 1. The maximum Gasteiger partial charge on any atom is 0.364 e. The van der Waals surface area contributed by atoms with Crippen molar-refractivity contribution in [1.29, 1.82) is 0 Å². The van der Waals surface area contributed by atoms with Crippen LogP contribution in [0, 0.1) is 17.0 Å². The molecule has 1 rings (SSSR count). The topological polar surface area (TPSA) is 99.1 Å². The monoisotopic (exact) mass is 231 g/mol. The van der Waals surface area contributed by atoms with Gasteiger partial charge < -0.3 is 15.8 Å². The Kier molecular flexibility index (Phi) is 3.11. The lowest BCUT2D eigenvalue weighted by Gasteiger charge is -2.05. The molecule has 0 saturated carbocycles. The minimum absolute atomic E-state index is 0.0921. The number of nitrogens with two attached hydrogens (primary N) is 1. The summed E-state index contributed by atoms with van der Waals surface area (Å²) in [4.78, 5) is 23.6. The van der Waals surface area contributed by atoms with Crippen LogP contribution < -0.4 is 5.73 Å². The summed E-state index contributed by atoms with van der Waals surface area (Å²) in [6, 6.07) is 0.869. The fourth-order valence-corrected chi connectivity index (χ4v) is 1.22. The van der Waals surface area contributed by atoms with Gasteiger partial charge in [-0.3, -0.25) is 4.79 Å². The predicted octanol–water partition coefficient (Wildman–Crippen LogP) is 1.33. The third kappa shape index (κ3) is 2.10. The van der Waals surface area contributed by atoms with Gasteiger partial charge in [0.05, 0.1) is 5.56 Å². The molecule has 1 heterocycles. The van der Waals surface area contributed by atoms with Gasteiger partial charge in [-0.05, 0) is 22.4 Å². The van der Waals surface area contributed by atoms with Gasteiger partial charge in [-0.15, -0.1) is 0 Å². The van der Waals surface area contributed by atoms with E-state index in [1.807, 2.05) is 0 Å². The summed E-state index contributed by atoms with van der Waals surface area (Å²) in [6.45, 7) is 1.22. The van der Waals surface area contributed by atoms with Crippen molar-refractivity contribution >= 4 is 11.7 Å². The SMILES string of the molecule is Cc1cc([N+](=O)[O-])nc(C(N)=O)c1C(F)F. The first-order valence-corrected chi connectivity index (χ1v) is 4.08. The van der Waals surface area contributed by atoms with Crippen LogP contribution in [0.3, 0.4) is 0 Å². The van der Waals surface area contributed by atoms with E-state index < -0.39 is 34.3 Å². The number of aromatic nitrogens is 1. The van der Waals surface area contributed by atoms with Crippen molar-refractivity contribution in [3.63, 3.8) is 0 Å². The number of amides is 1. The predicted molar refractivity (Wildman–Crippen MR) is 49.1 cm³/mol. The standard InChI is InChI=1S/C8H7F2N3O3/c1-3-2-4(13(15)16)12-6(8(11)14)5(3)7(9)10/h2,7H,1H3,(H2,11,14). The normalized spacial score (nSPS) is 10.5. The zero-order valence-electron chi connectivity index (χ0n) is 8.11. The summed E-state index contributed by atoms with van der Waals surface area (Å²) >= 11 is 0. The molecule has 0 bridgehead atoms. The van der Waals surface area contributed by atoms with E-state index in [0.717, 1.165) is 6.07 Å². The molecular formula is C8H7F2N3O3. The summed E-state index contributed by atoms with van der Waals surface area (Å²) in [7, 11) is 0. The third-order valence-electron chi connectivity index (χ3n) is 1.89. The average Bonchev–Trinajstić information content (AvgIpc) is 2.15. The maximum absolute atomic E-state index is 12.6. The average molecular weight is 231 g/mol. The zero-order chi connectivity index (χ0) is 12.5.